The van der Waals surface area contributed by atoms with Gasteiger partial charge in [0.2, 0.25) is 0 Å². The topological polar surface area (TPSA) is 73.5 Å². The number of aryl methyl sites for hydroxylation is 2. The normalized spacial score (nSPS) is 11.1. The minimum Gasteiger partial charge on any atom is -0.423 e. The van der Waals surface area contributed by atoms with Gasteiger partial charge in [-0.25, -0.2) is 9.78 Å². The smallest absolute Gasteiger partial charge is 0.343 e. The minimum absolute atomic E-state index is 0.224. The van der Waals surface area contributed by atoms with E-state index in [9.17, 15) is 9.59 Å². The highest BCUT2D eigenvalue weighted by Crippen LogP contribution is 2.14. The number of aromatic nitrogens is 2. The van der Waals surface area contributed by atoms with Crippen LogP contribution >= 0.6 is 0 Å². The predicted molar refractivity (Wildman–Crippen MR) is 116 cm³/mol. The Kier molecular flexibility index (Phi) is 5.22. The maximum absolute atomic E-state index is 12.7. The monoisotopic (exact) mass is 397 g/mol. The van der Waals surface area contributed by atoms with E-state index < -0.39 is 5.97 Å². The van der Waals surface area contributed by atoms with Crippen LogP contribution in [0.2, 0.25) is 0 Å². The highest BCUT2D eigenvalue weighted by Gasteiger charge is 2.08. The zero-order chi connectivity index (χ0) is 21.1. The molecule has 0 atom stereocenters. The summed E-state index contributed by atoms with van der Waals surface area (Å²) in [5.41, 5.74) is 2.74. The van der Waals surface area contributed by atoms with E-state index in [1.165, 1.54) is 4.68 Å². The summed E-state index contributed by atoms with van der Waals surface area (Å²) in [6.45, 7) is 3.69. The van der Waals surface area contributed by atoms with Crippen LogP contribution in [0.1, 0.15) is 27.3 Å². The first-order chi connectivity index (χ1) is 14.5. The largest absolute Gasteiger partial charge is 0.423 e. The molecule has 0 aliphatic heterocycles. The maximum atomic E-state index is 12.7. The van der Waals surface area contributed by atoms with Crippen molar-refractivity contribution < 1.29 is 9.53 Å². The van der Waals surface area contributed by atoms with Gasteiger partial charge in [0.15, 0.2) is 0 Å². The van der Waals surface area contributed by atoms with Gasteiger partial charge in [-0.05, 0) is 67.9 Å². The number of nitrogens with zero attached hydrogens (tertiary/aromatic N) is 3. The van der Waals surface area contributed by atoms with E-state index >= 15 is 0 Å². The number of carbonyl (C=O) groups is 1. The number of ether oxygens (including phenoxy) is 1. The minimum atomic E-state index is -0.416. The lowest BCUT2D eigenvalue weighted by Gasteiger charge is -2.06. The predicted octanol–water partition coefficient (Wildman–Crippen LogP) is 4.11. The summed E-state index contributed by atoms with van der Waals surface area (Å²) in [5, 5.41) is 4.79. The van der Waals surface area contributed by atoms with Crippen LogP contribution in [-0.4, -0.2) is 21.8 Å². The molecule has 148 valence electrons. The van der Waals surface area contributed by atoms with Crippen LogP contribution < -0.4 is 10.3 Å². The molecule has 0 saturated heterocycles. The standard InChI is InChI=1S/C24H19N3O3/c1-16-7-11-19(12-8-16)24(29)30-20-13-9-18(10-14-20)15-25-27-17(2)26-22-6-4-3-5-21(22)23(27)28/h3-15H,1-2H3. The number of carbonyl (C=O) groups excluding carboxylic acids is 1. The molecule has 1 heterocycles. The summed E-state index contributed by atoms with van der Waals surface area (Å²) < 4.78 is 6.67. The van der Waals surface area contributed by atoms with Gasteiger partial charge in [-0.2, -0.15) is 9.78 Å². The SMILES string of the molecule is Cc1ccc(C(=O)Oc2ccc(C=Nn3c(C)nc4ccccc4c3=O)cc2)cc1. The van der Waals surface area contributed by atoms with E-state index in [0.29, 0.717) is 28.0 Å². The van der Waals surface area contributed by atoms with Gasteiger partial charge in [-0.1, -0.05) is 29.8 Å². The molecule has 4 rings (SSSR count). The van der Waals surface area contributed by atoms with Crippen LogP contribution in [0, 0.1) is 13.8 Å². The second kappa shape index (κ2) is 8.13. The molecule has 0 unspecified atom stereocenters. The first kappa shape index (κ1) is 19.3. The van der Waals surface area contributed by atoms with Crippen molar-refractivity contribution in [3.8, 4) is 5.75 Å². The zero-order valence-corrected chi connectivity index (χ0v) is 16.6. The van der Waals surface area contributed by atoms with Crippen LogP contribution in [0.5, 0.6) is 5.75 Å². The van der Waals surface area contributed by atoms with Crippen molar-refractivity contribution in [2.24, 2.45) is 5.10 Å². The lowest BCUT2D eigenvalue weighted by Crippen LogP contribution is -2.20. The Bertz CT molecular complexity index is 1300. The highest BCUT2D eigenvalue weighted by molar-refractivity contribution is 5.91. The second-order valence-electron chi connectivity index (χ2n) is 6.86. The van der Waals surface area contributed by atoms with Crippen molar-refractivity contribution in [3.05, 3.63) is 106 Å². The third-order valence-corrected chi connectivity index (χ3v) is 4.62. The molecule has 0 bridgehead atoms. The summed E-state index contributed by atoms with van der Waals surface area (Å²) in [4.78, 5) is 29.3. The molecule has 6 heteroatoms. The summed E-state index contributed by atoms with van der Waals surface area (Å²) in [6, 6.07) is 21.2. The van der Waals surface area contributed by atoms with Crippen molar-refractivity contribution in [2.75, 3.05) is 0 Å². The molecule has 0 aliphatic rings. The average Bonchev–Trinajstić information content (AvgIpc) is 2.75. The molecule has 4 aromatic rings. The molecule has 0 aliphatic carbocycles. The summed E-state index contributed by atoms with van der Waals surface area (Å²) in [5.74, 6) is 0.512. The molecular formula is C24H19N3O3. The second-order valence-corrected chi connectivity index (χ2v) is 6.86. The maximum Gasteiger partial charge on any atom is 0.343 e. The van der Waals surface area contributed by atoms with Gasteiger partial charge in [-0.15, -0.1) is 0 Å². The van der Waals surface area contributed by atoms with Crippen LogP contribution in [0.4, 0.5) is 0 Å². The lowest BCUT2D eigenvalue weighted by atomic mass is 10.1. The quantitative estimate of drug-likeness (QED) is 0.295. The number of para-hydroxylation sites is 1. The molecule has 30 heavy (non-hydrogen) atoms. The van der Waals surface area contributed by atoms with Gasteiger partial charge in [0, 0.05) is 0 Å². The van der Waals surface area contributed by atoms with E-state index in [1.807, 2.05) is 25.1 Å². The van der Waals surface area contributed by atoms with Gasteiger partial charge in [-0.3, -0.25) is 4.79 Å². The van der Waals surface area contributed by atoms with E-state index in [0.717, 1.165) is 11.1 Å². The number of esters is 1. The van der Waals surface area contributed by atoms with Gasteiger partial charge in [0.25, 0.3) is 5.56 Å². The van der Waals surface area contributed by atoms with Gasteiger partial charge in [0.1, 0.15) is 11.6 Å². The first-order valence-corrected chi connectivity index (χ1v) is 9.43. The molecular weight excluding hydrogens is 378 g/mol. The van der Waals surface area contributed by atoms with Crippen molar-refractivity contribution in [1.82, 2.24) is 9.66 Å². The Morgan fingerprint density at radius 3 is 2.40 bits per heavy atom. The molecule has 1 aromatic heterocycles. The first-order valence-electron chi connectivity index (χ1n) is 9.43. The van der Waals surface area contributed by atoms with Crippen LogP contribution in [0.25, 0.3) is 10.9 Å². The van der Waals surface area contributed by atoms with Crippen LogP contribution in [0.15, 0.2) is 82.7 Å². The Morgan fingerprint density at radius 2 is 1.67 bits per heavy atom. The summed E-state index contributed by atoms with van der Waals surface area (Å²) >= 11 is 0. The van der Waals surface area contributed by atoms with E-state index in [2.05, 4.69) is 10.1 Å². The Morgan fingerprint density at radius 1 is 0.967 bits per heavy atom. The Balaban J connectivity index is 1.52. The van der Waals surface area contributed by atoms with Crippen molar-refractivity contribution in [1.29, 1.82) is 0 Å². The third-order valence-electron chi connectivity index (χ3n) is 4.62. The summed E-state index contributed by atoms with van der Waals surface area (Å²) in [7, 11) is 0. The van der Waals surface area contributed by atoms with Gasteiger partial charge < -0.3 is 4.74 Å². The average molecular weight is 397 g/mol. The Labute approximate surface area is 173 Å². The van der Waals surface area contributed by atoms with Crippen LogP contribution in [0.3, 0.4) is 0 Å². The van der Waals surface area contributed by atoms with E-state index in [4.69, 9.17) is 4.74 Å². The van der Waals surface area contributed by atoms with Crippen LogP contribution in [-0.2, 0) is 0 Å². The molecule has 0 N–H and O–H groups in total. The third kappa shape index (κ3) is 4.03. The van der Waals surface area contributed by atoms with Crippen molar-refractivity contribution >= 4 is 23.1 Å². The number of hydrogen-bond acceptors (Lipinski definition) is 5. The van der Waals surface area contributed by atoms with Gasteiger partial charge >= 0.3 is 5.97 Å². The fraction of sp³-hybridized carbons (Fsp3) is 0.0833. The molecule has 0 amide bonds. The number of fused-ring (bicyclic) bond motifs is 1. The molecule has 0 spiro atoms. The molecule has 0 radical (unpaired) electrons. The zero-order valence-electron chi connectivity index (χ0n) is 16.6. The molecule has 0 saturated carbocycles. The van der Waals surface area contributed by atoms with Crippen molar-refractivity contribution in [3.63, 3.8) is 0 Å². The van der Waals surface area contributed by atoms with Crippen molar-refractivity contribution in [2.45, 2.75) is 13.8 Å². The number of benzene rings is 3. The molecule has 6 nitrogen and oxygen atoms in total. The highest BCUT2D eigenvalue weighted by atomic mass is 16.5. The molecule has 3 aromatic carbocycles. The van der Waals surface area contributed by atoms with E-state index in [-0.39, 0.29) is 5.56 Å². The fourth-order valence-corrected chi connectivity index (χ4v) is 2.97. The Hall–Kier alpha value is -4.06. The summed E-state index contributed by atoms with van der Waals surface area (Å²) in [6.07, 6.45) is 1.57. The number of hydrogen-bond donors (Lipinski definition) is 0. The molecule has 0 fully saturated rings. The van der Waals surface area contributed by atoms with E-state index in [1.54, 1.807) is 67.7 Å². The van der Waals surface area contributed by atoms with Gasteiger partial charge in [0.05, 0.1) is 22.7 Å². The fourth-order valence-electron chi connectivity index (χ4n) is 2.97. The lowest BCUT2D eigenvalue weighted by molar-refractivity contribution is 0.0735. The number of rotatable bonds is 4.